The molecule has 0 fully saturated rings. The van der Waals surface area contributed by atoms with Crippen molar-refractivity contribution in [1.82, 2.24) is 16.0 Å². The van der Waals surface area contributed by atoms with Gasteiger partial charge in [0.2, 0.25) is 23.6 Å². The minimum absolute atomic E-state index is 0.0160. The summed E-state index contributed by atoms with van der Waals surface area (Å²) in [6.45, 7) is 0. The summed E-state index contributed by atoms with van der Waals surface area (Å²) in [7, 11) is 0. The first-order valence-electron chi connectivity index (χ1n) is 11.4. The van der Waals surface area contributed by atoms with Gasteiger partial charge in [0, 0.05) is 6.42 Å². The van der Waals surface area contributed by atoms with Gasteiger partial charge in [-0.25, -0.2) is 4.79 Å². The van der Waals surface area contributed by atoms with Crippen LogP contribution in [0, 0.1) is 0 Å². The van der Waals surface area contributed by atoms with Crippen LogP contribution in [0.4, 0.5) is 0 Å². The number of hydrogen-bond donors (Lipinski definition) is 7. The van der Waals surface area contributed by atoms with Gasteiger partial charge in [0.15, 0.2) is 0 Å². The molecule has 12 nitrogen and oxygen atoms in total. The van der Waals surface area contributed by atoms with E-state index in [0.717, 1.165) is 0 Å². The van der Waals surface area contributed by atoms with Crippen molar-refractivity contribution < 1.29 is 34.2 Å². The summed E-state index contributed by atoms with van der Waals surface area (Å²) in [5, 5.41) is 26.4. The molecule has 4 amide bonds. The average molecular weight is 558 g/mol. The average Bonchev–Trinajstić information content (AvgIpc) is 2.84. The number of carbonyl (C=O) groups is 5. The number of thioether (sulfide) groups is 2. The van der Waals surface area contributed by atoms with E-state index in [9.17, 15) is 34.2 Å². The van der Waals surface area contributed by atoms with E-state index in [1.807, 2.05) is 6.26 Å². The highest BCUT2D eigenvalue weighted by Gasteiger charge is 2.31. The number of amides is 4. The van der Waals surface area contributed by atoms with E-state index in [-0.39, 0.29) is 18.6 Å². The van der Waals surface area contributed by atoms with Crippen LogP contribution in [0.15, 0.2) is 24.3 Å². The number of aliphatic carboxylic acids is 1. The molecule has 1 aromatic carbocycles. The lowest BCUT2D eigenvalue weighted by Crippen LogP contribution is -2.58. The normalized spacial score (nSPS) is 14.0. The highest BCUT2D eigenvalue weighted by molar-refractivity contribution is 7.98. The van der Waals surface area contributed by atoms with Crippen LogP contribution in [-0.2, 0) is 30.4 Å². The van der Waals surface area contributed by atoms with Gasteiger partial charge in [0.1, 0.15) is 23.9 Å². The molecule has 206 valence electrons. The third-order valence-electron chi connectivity index (χ3n) is 5.24. The third-order valence-corrected chi connectivity index (χ3v) is 6.53. The Balaban J connectivity index is 2.98. The van der Waals surface area contributed by atoms with Crippen LogP contribution in [0.3, 0.4) is 0 Å². The van der Waals surface area contributed by atoms with Crippen LogP contribution >= 0.6 is 23.5 Å². The number of primary amides is 1. The molecule has 0 saturated heterocycles. The van der Waals surface area contributed by atoms with Gasteiger partial charge in [-0.1, -0.05) is 12.1 Å². The fraction of sp³-hybridized carbons (Fsp3) is 0.522. The summed E-state index contributed by atoms with van der Waals surface area (Å²) in [5.41, 5.74) is 11.7. The van der Waals surface area contributed by atoms with E-state index in [2.05, 4.69) is 16.0 Å². The molecule has 0 aliphatic carbocycles. The number of carboxylic acids is 1. The molecule has 14 heteroatoms. The number of phenols is 1. The number of phenolic OH excluding ortho intramolecular Hbond substituents is 1. The molecule has 0 spiro atoms. The molecule has 0 radical (unpaired) electrons. The Labute approximate surface area is 224 Å². The molecule has 0 aliphatic rings. The van der Waals surface area contributed by atoms with Crippen LogP contribution in [0.1, 0.15) is 24.8 Å². The molecule has 9 N–H and O–H groups in total. The zero-order valence-electron chi connectivity index (χ0n) is 20.8. The molecule has 0 aliphatic heterocycles. The highest BCUT2D eigenvalue weighted by Crippen LogP contribution is 2.12. The molecule has 1 rings (SSSR count). The first kappa shape index (κ1) is 32.1. The molecule has 4 unspecified atom stereocenters. The highest BCUT2D eigenvalue weighted by atomic mass is 32.2. The Hall–Kier alpha value is -2.97. The van der Waals surface area contributed by atoms with E-state index in [4.69, 9.17) is 11.5 Å². The number of carboxylic acid groups (broad SMARTS) is 1. The Bertz CT molecular complexity index is 933. The largest absolute Gasteiger partial charge is 0.508 e. The monoisotopic (exact) mass is 557 g/mol. The first-order valence-corrected chi connectivity index (χ1v) is 14.2. The summed E-state index contributed by atoms with van der Waals surface area (Å²) >= 11 is 2.91. The maximum atomic E-state index is 13.0. The predicted octanol–water partition coefficient (Wildman–Crippen LogP) is -0.817. The number of nitrogens with two attached hydrogens (primary N) is 2. The van der Waals surface area contributed by atoms with Crippen molar-refractivity contribution in [2.75, 3.05) is 24.0 Å². The number of aromatic hydroxyl groups is 1. The van der Waals surface area contributed by atoms with Crippen LogP contribution in [0.25, 0.3) is 0 Å². The summed E-state index contributed by atoms with van der Waals surface area (Å²) in [4.78, 5) is 61.7. The smallest absolute Gasteiger partial charge is 0.326 e. The Morgan fingerprint density at radius 3 is 1.89 bits per heavy atom. The van der Waals surface area contributed by atoms with E-state index in [1.54, 1.807) is 6.26 Å². The second-order valence-electron chi connectivity index (χ2n) is 8.23. The van der Waals surface area contributed by atoms with E-state index < -0.39 is 60.2 Å². The van der Waals surface area contributed by atoms with Crippen molar-refractivity contribution in [1.29, 1.82) is 0 Å². The van der Waals surface area contributed by atoms with Crippen molar-refractivity contribution in [2.24, 2.45) is 11.5 Å². The van der Waals surface area contributed by atoms with Crippen molar-refractivity contribution in [3.8, 4) is 5.75 Å². The number of hydrogen-bond acceptors (Lipinski definition) is 9. The summed E-state index contributed by atoms with van der Waals surface area (Å²) in [6.07, 6.45) is 3.60. The van der Waals surface area contributed by atoms with Gasteiger partial charge in [0.25, 0.3) is 0 Å². The van der Waals surface area contributed by atoms with Gasteiger partial charge < -0.3 is 37.6 Å². The Kier molecular flexibility index (Phi) is 14.5. The lowest BCUT2D eigenvalue weighted by molar-refractivity contribution is -0.142. The Morgan fingerprint density at radius 1 is 0.838 bits per heavy atom. The number of nitrogens with one attached hydrogen (secondary N) is 3. The van der Waals surface area contributed by atoms with Crippen molar-refractivity contribution in [2.45, 2.75) is 49.9 Å². The third kappa shape index (κ3) is 12.2. The van der Waals surface area contributed by atoms with Crippen LogP contribution < -0.4 is 27.4 Å². The van der Waals surface area contributed by atoms with E-state index >= 15 is 0 Å². The standard InChI is InChI=1S/C23H35N5O7S2/c1-36-9-7-15(24)20(31)27-17(12-19(25)30)22(33)26-16(8-10-37-2)21(32)28-18(23(34)35)11-13-3-5-14(29)6-4-13/h3-6,15-18,29H,7-12,24H2,1-2H3,(H2,25,30)(H,26,33)(H,27,31)(H,28,32)(H,34,35). The zero-order valence-corrected chi connectivity index (χ0v) is 22.4. The second kappa shape index (κ2) is 16.7. The molecule has 0 saturated carbocycles. The topological polar surface area (TPSA) is 214 Å². The Morgan fingerprint density at radius 2 is 1.35 bits per heavy atom. The molecular weight excluding hydrogens is 522 g/mol. The molecular formula is C23H35N5O7S2. The summed E-state index contributed by atoms with van der Waals surface area (Å²) in [5.74, 6) is -3.24. The number of benzene rings is 1. The van der Waals surface area contributed by atoms with Crippen LogP contribution in [-0.4, -0.2) is 88.0 Å². The van der Waals surface area contributed by atoms with Gasteiger partial charge in [-0.2, -0.15) is 23.5 Å². The minimum atomic E-state index is -1.36. The van der Waals surface area contributed by atoms with Crippen molar-refractivity contribution >= 4 is 53.1 Å². The van der Waals surface area contributed by atoms with Gasteiger partial charge in [-0.15, -0.1) is 0 Å². The van der Waals surface area contributed by atoms with Crippen molar-refractivity contribution in [3.63, 3.8) is 0 Å². The lowest BCUT2D eigenvalue weighted by atomic mass is 10.0. The van der Waals surface area contributed by atoms with E-state index in [1.165, 1.54) is 47.8 Å². The first-order chi connectivity index (χ1) is 17.5. The molecule has 0 aromatic heterocycles. The van der Waals surface area contributed by atoms with E-state index in [0.29, 0.717) is 23.5 Å². The summed E-state index contributed by atoms with van der Waals surface area (Å²) in [6, 6.07) is 1.16. The van der Waals surface area contributed by atoms with Gasteiger partial charge >= 0.3 is 5.97 Å². The number of rotatable bonds is 17. The summed E-state index contributed by atoms with van der Waals surface area (Å²) < 4.78 is 0. The van der Waals surface area contributed by atoms with Gasteiger partial charge in [-0.3, -0.25) is 19.2 Å². The maximum absolute atomic E-state index is 13.0. The fourth-order valence-electron chi connectivity index (χ4n) is 3.18. The maximum Gasteiger partial charge on any atom is 0.326 e. The van der Waals surface area contributed by atoms with Gasteiger partial charge in [-0.05, 0) is 54.6 Å². The molecule has 0 bridgehead atoms. The molecule has 0 heterocycles. The lowest BCUT2D eigenvalue weighted by Gasteiger charge is -2.25. The SMILES string of the molecule is CSCCC(N)C(=O)NC(CC(N)=O)C(=O)NC(CCSC)C(=O)NC(Cc1ccc(O)cc1)C(=O)O. The van der Waals surface area contributed by atoms with Crippen LogP contribution in [0.5, 0.6) is 5.75 Å². The number of carbonyl (C=O) groups excluding carboxylic acids is 4. The zero-order chi connectivity index (χ0) is 28.0. The molecule has 37 heavy (non-hydrogen) atoms. The van der Waals surface area contributed by atoms with Gasteiger partial charge in [0.05, 0.1) is 12.5 Å². The second-order valence-corrected chi connectivity index (χ2v) is 10.2. The van der Waals surface area contributed by atoms with Crippen LogP contribution in [0.2, 0.25) is 0 Å². The van der Waals surface area contributed by atoms with Crippen molar-refractivity contribution in [3.05, 3.63) is 29.8 Å². The minimum Gasteiger partial charge on any atom is -0.508 e. The quantitative estimate of drug-likeness (QED) is 0.126. The fourth-order valence-corrected chi connectivity index (χ4v) is 4.14. The molecule has 1 aromatic rings. The predicted molar refractivity (Wildman–Crippen MR) is 143 cm³/mol. The molecule has 4 atom stereocenters.